The molecule has 2 atom stereocenters. The summed E-state index contributed by atoms with van der Waals surface area (Å²) < 4.78 is 34.4. The molecule has 79 heavy (non-hydrogen) atoms. The van der Waals surface area contributed by atoms with Gasteiger partial charge in [-0.3, -0.25) is 18.6 Å². The molecule has 444 valence electrons. The van der Waals surface area contributed by atoms with Crippen molar-refractivity contribution >= 4 is 19.8 Å². The Balaban J connectivity index is 4.27. The van der Waals surface area contributed by atoms with E-state index in [1.165, 1.54) is 32.1 Å². The smallest absolute Gasteiger partial charge is 0.462 e. The van der Waals surface area contributed by atoms with E-state index in [1.54, 1.807) is 0 Å². The maximum absolute atomic E-state index is 12.8. The van der Waals surface area contributed by atoms with Crippen LogP contribution in [0.4, 0.5) is 0 Å². The Morgan fingerprint density at radius 2 is 0.722 bits per heavy atom. The molecule has 0 aliphatic rings. The molecule has 0 bridgehead atoms. The lowest BCUT2D eigenvalue weighted by atomic mass is 10.1. The topological polar surface area (TPSA) is 108 Å². The van der Waals surface area contributed by atoms with Gasteiger partial charge in [0, 0.05) is 12.8 Å². The molecule has 0 heterocycles. The average molecular weight is 1110 g/mol. The number of phosphoric acid groups is 1. The first-order chi connectivity index (χ1) is 38.5. The number of likely N-dealkylation sites (N-methyl/N-ethyl adjacent to an activating group) is 1. The van der Waals surface area contributed by atoms with Crippen LogP contribution < -0.4 is 0 Å². The minimum atomic E-state index is -4.41. The molecule has 0 aromatic heterocycles. The lowest BCUT2D eigenvalue weighted by Gasteiger charge is -2.24. The van der Waals surface area contributed by atoms with Gasteiger partial charge in [0.2, 0.25) is 0 Å². The Bertz CT molecular complexity index is 1930. The van der Waals surface area contributed by atoms with E-state index in [-0.39, 0.29) is 26.1 Å². The van der Waals surface area contributed by atoms with Crippen molar-refractivity contribution in [2.45, 2.75) is 206 Å². The van der Waals surface area contributed by atoms with Gasteiger partial charge in [-0.15, -0.1) is 0 Å². The van der Waals surface area contributed by atoms with Crippen LogP contribution in [0.25, 0.3) is 0 Å². The molecular formula is C69H111NO8P+. The number of ether oxygens (including phenoxy) is 2. The highest BCUT2D eigenvalue weighted by molar-refractivity contribution is 7.47. The summed E-state index contributed by atoms with van der Waals surface area (Å²) in [7, 11) is 1.41. The standard InChI is InChI=1S/C69H110NO8P/c1-6-8-10-12-14-16-18-20-22-24-25-26-27-28-29-30-31-32-33-34-35-36-37-38-39-40-41-42-43-44-45-46-48-50-52-54-56-58-60-62-69(72)78-67(66-77-79(73,74)76-64-63-70(3,4)5)65-75-68(71)61-59-57-55-53-51-49-47-23-21-19-17-15-13-11-9-7-2/h8,10,14,16-17,19-20,22-23,25-26,28-29,31-32,34-35,37-38,40-41,43-44,46-48,52,54,67H,6-7,9,11-13,15,18,21,24,27,30,33,36,39,42,45,49-51,53,55-66H2,1-5H3/p+1/b10-8-,16-14-,19-17-,22-20-,26-25-,29-28-,32-31-,35-34-,38-37-,41-40-,44-43-,47-23-,48-46-,54-52-. The molecule has 0 spiro atoms. The van der Waals surface area contributed by atoms with E-state index in [9.17, 15) is 19.0 Å². The number of phosphoric ester groups is 1. The second kappa shape index (κ2) is 58.0. The molecule has 0 aliphatic carbocycles. The van der Waals surface area contributed by atoms with Crippen molar-refractivity contribution in [1.82, 2.24) is 0 Å². The van der Waals surface area contributed by atoms with Crippen LogP contribution in [0.15, 0.2) is 170 Å². The zero-order valence-corrected chi connectivity index (χ0v) is 51.2. The zero-order valence-electron chi connectivity index (χ0n) is 50.3. The van der Waals surface area contributed by atoms with Gasteiger partial charge >= 0.3 is 19.8 Å². The molecule has 0 radical (unpaired) electrons. The molecule has 0 rings (SSSR count). The minimum absolute atomic E-state index is 0.0111. The second-order valence-corrected chi connectivity index (χ2v) is 22.1. The quantitative estimate of drug-likeness (QED) is 0.0211. The maximum atomic E-state index is 12.8. The molecule has 10 heteroatoms. The summed E-state index contributed by atoms with van der Waals surface area (Å²) >= 11 is 0. The number of carbonyl (C=O) groups is 2. The molecule has 2 unspecified atom stereocenters. The van der Waals surface area contributed by atoms with Gasteiger partial charge in [-0.05, 0) is 135 Å². The van der Waals surface area contributed by atoms with Gasteiger partial charge in [-0.2, -0.15) is 0 Å². The third-order valence-corrected chi connectivity index (χ3v) is 13.0. The molecule has 0 saturated carbocycles. The third kappa shape index (κ3) is 62.4. The number of unbranched alkanes of at least 4 members (excludes halogenated alkanes) is 11. The molecule has 0 fully saturated rings. The number of quaternary nitrogens is 1. The fraction of sp³-hybridized carbons (Fsp3) is 0.565. The summed E-state index contributed by atoms with van der Waals surface area (Å²) in [5, 5.41) is 0. The van der Waals surface area contributed by atoms with Gasteiger partial charge in [-0.1, -0.05) is 223 Å². The predicted molar refractivity (Wildman–Crippen MR) is 339 cm³/mol. The summed E-state index contributed by atoms with van der Waals surface area (Å²) in [6.07, 6.45) is 88.7. The number of hydrogen-bond donors (Lipinski definition) is 1. The fourth-order valence-electron chi connectivity index (χ4n) is 7.32. The third-order valence-electron chi connectivity index (χ3n) is 12.0. The summed E-state index contributed by atoms with van der Waals surface area (Å²) in [6.45, 7) is 4.20. The summed E-state index contributed by atoms with van der Waals surface area (Å²) in [5.74, 6) is -0.880. The number of rotatable bonds is 53. The van der Waals surface area contributed by atoms with Crippen molar-refractivity contribution in [3.05, 3.63) is 170 Å². The second-order valence-electron chi connectivity index (χ2n) is 20.6. The van der Waals surface area contributed by atoms with E-state index in [2.05, 4.69) is 184 Å². The van der Waals surface area contributed by atoms with E-state index >= 15 is 0 Å². The van der Waals surface area contributed by atoms with Crippen LogP contribution in [0, 0.1) is 0 Å². The molecule has 1 N–H and O–H groups in total. The number of allylic oxidation sites excluding steroid dienone is 28. The first kappa shape index (κ1) is 74.4. The van der Waals surface area contributed by atoms with Crippen LogP contribution in [0.3, 0.4) is 0 Å². The lowest BCUT2D eigenvalue weighted by Crippen LogP contribution is -2.37. The van der Waals surface area contributed by atoms with Crippen LogP contribution in [0.2, 0.25) is 0 Å². The highest BCUT2D eigenvalue weighted by Gasteiger charge is 2.27. The van der Waals surface area contributed by atoms with Crippen molar-refractivity contribution in [1.29, 1.82) is 0 Å². The van der Waals surface area contributed by atoms with Gasteiger partial charge in [-0.25, -0.2) is 4.57 Å². The number of nitrogens with zero attached hydrogens (tertiary/aromatic N) is 1. The van der Waals surface area contributed by atoms with Gasteiger partial charge in [0.1, 0.15) is 19.8 Å². The van der Waals surface area contributed by atoms with Crippen molar-refractivity contribution in [2.75, 3.05) is 47.5 Å². The monoisotopic (exact) mass is 1110 g/mol. The molecule has 0 amide bonds. The van der Waals surface area contributed by atoms with E-state index in [0.29, 0.717) is 23.9 Å². The summed E-state index contributed by atoms with van der Waals surface area (Å²) in [4.78, 5) is 35.6. The van der Waals surface area contributed by atoms with Crippen LogP contribution in [0.1, 0.15) is 200 Å². The maximum Gasteiger partial charge on any atom is 0.472 e. The molecular weight excluding hydrogens is 1000 g/mol. The molecule has 0 aliphatic heterocycles. The van der Waals surface area contributed by atoms with Crippen molar-refractivity contribution < 1.29 is 42.1 Å². The summed E-state index contributed by atoms with van der Waals surface area (Å²) in [5.41, 5.74) is 0. The van der Waals surface area contributed by atoms with Gasteiger partial charge in [0.15, 0.2) is 6.10 Å². The summed E-state index contributed by atoms with van der Waals surface area (Å²) in [6, 6.07) is 0. The minimum Gasteiger partial charge on any atom is -0.462 e. The van der Waals surface area contributed by atoms with E-state index < -0.39 is 32.5 Å². The van der Waals surface area contributed by atoms with E-state index in [4.69, 9.17) is 18.5 Å². The van der Waals surface area contributed by atoms with Gasteiger partial charge in [0.25, 0.3) is 0 Å². The van der Waals surface area contributed by atoms with Crippen molar-refractivity contribution in [3.8, 4) is 0 Å². The van der Waals surface area contributed by atoms with Crippen molar-refractivity contribution in [2.24, 2.45) is 0 Å². The van der Waals surface area contributed by atoms with E-state index in [1.807, 2.05) is 21.1 Å². The molecule has 0 aromatic carbocycles. The Morgan fingerprint density at radius 3 is 1.10 bits per heavy atom. The van der Waals surface area contributed by atoms with Crippen molar-refractivity contribution in [3.63, 3.8) is 0 Å². The van der Waals surface area contributed by atoms with Crippen LogP contribution in [0.5, 0.6) is 0 Å². The lowest BCUT2D eigenvalue weighted by molar-refractivity contribution is -0.870. The number of esters is 2. The van der Waals surface area contributed by atoms with Crippen LogP contribution in [-0.4, -0.2) is 74.9 Å². The highest BCUT2D eigenvalue weighted by Crippen LogP contribution is 2.43. The van der Waals surface area contributed by atoms with Crippen LogP contribution in [-0.2, 0) is 32.7 Å². The zero-order chi connectivity index (χ0) is 57.7. The number of hydrogen-bond acceptors (Lipinski definition) is 7. The molecule has 0 aromatic rings. The van der Waals surface area contributed by atoms with Crippen LogP contribution >= 0.6 is 7.82 Å². The normalized spacial score (nSPS) is 14.5. The average Bonchev–Trinajstić information content (AvgIpc) is 3.41. The fourth-order valence-corrected chi connectivity index (χ4v) is 8.06. The Kier molecular flexibility index (Phi) is 54.6. The Hall–Kier alpha value is -4.63. The largest absolute Gasteiger partial charge is 0.472 e. The number of carbonyl (C=O) groups excluding carboxylic acids is 2. The first-order valence-electron chi connectivity index (χ1n) is 30.4. The Morgan fingerprint density at radius 1 is 0.405 bits per heavy atom. The van der Waals surface area contributed by atoms with Gasteiger partial charge in [0.05, 0.1) is 27.7 Å². The predicted octanol–water partition coefficient (Wildman–Crippen LogP) is 19.4. The molecule has 9 nitrogen and oxygen atoms in total. The Labute approximate surface area is 483 Å². The SMILES string of the molecule is CC/C=C\C/C=C\C/C=C\C/C=C\C/C=C\C/C=C\C/C=C\C/C=C\C/C=C\C/C=C\C/C=C\C/C=C\CCCCC(=O)OC(COC(=O)CCCCCCC/C=C\C/C=C\CCCCCC)COP(=O)(O)OCC[N+](C)(C)C. The highest BCUT2D eigenvalue weighted by atomic mass is 31.2. The first-order valence-corrected chi connectivity index (χ1v) is 31.9. The molecule has 0 saturated heterocycles. The van der Waals surface area contributed by atoms with Gasteiger partial charge < -0.3 is 18.9 Å². The van der Waals surface area contributed by atoms with E-state index in [0.717, 1.165) is 128 Å².